The van der Waals surface area contributed by atoms with Crippen LogP contribution in [0.3, 0.4) is 0 Å². The molecular formula is C15H25. The van der Waals surface area contributed by atoms with Crippen LogP contribution in [0.4, 0.5) is 0 Å². The second-order valence-corrected chi connectivity index (χ2v) is 6.14. The summed E-state index contributed by atoms with van der Waals surface area (Å²) >= 11 is 0. The highest BCUT2D eigenvalue weighted by atomic mass is 14.5. The van der Waals surface area contributed by atoms with Gasteiger partial charge in [-0.15, -0.1) is 0 Å². The molecule has 0 bridgehead atoms. The van der Waals surface area contributed by atoms with Crippen LogP contribution in [-0.2, 0) is 0 Å². The third kappa shape index (κ3) is 1.97. The van der Waals surface area contributed by atoms with E-state index in [1.807, 2.05) is 0 Å². The lowest BCUT2D eigenvalue weighted by Gasteiger charge is -2.41. The standard InChI is InChI=1S/C15H25/c1-2-4-8-14-12(6-3-1)10-11-13-7-5-9-15(13)14/h9,12-15H,1-8,10-11H2. The Bertz CT molecular complexity index is 208. The molecule has 4 atom stereocenters. The van der Waals surface area contributed by atoms with Crippen LogP contribution in [0.2, 0.25) is 0 Å². The van der Waals surface area contributed by atoms with Crippen LogP contribution in [0.15, 0.2) is 0 Å². The van der Waals surface area contributed by atoms with Gasteiger partial charge in [0.15, 0.2) is 0 Å². The molecule has 0 heterocycles. The van der Waals surface area contributed by atoms with E-state index in [9.17, 15) is 0 Å². The molecule has 0 amide bonds. The Morgan fingerprint density at radius 1 is 0.667 bits per heavy atom. The summed E-state index contributed by atoms with van der Waals surface area (Å²) in [6.45, 7) is 0. The van der Waals surface area contributed by atoms with E-state index in [1.165, 1.54) is 38.5 Å². The number of hydrogen-bond donors (Lipinski definition) is 0. The minimum absolute atomic E-state index is 1.04. The maximum Gasteiger partial charge on any atom is -0.0324 e. The zero-order valence-electron chi connectivity index (χ0n) is 9.96. The van der Waals surface area contributed by atoms with Crippen molar-refractivity contribution in [3.63, 3.8) is 0 Å². The first-order valence-electron chi connectivity index (χ1n) is 7.28. The quantitative estimate of drug-likeness (QED) is 0.542. The van der Waals surface area contributed by atoms with Gasteiger partial charge in [-0.25, -0.2) is 0 Å². The molecule has 0 aromatic heterocycles. The molecule has 3 rings (SSSR count). The Balaban J connectivity index is 1.72. The molecule has 0 aromatic rings. The number of fused-ring (bicyclic) bond motifs is 3. The van der Waals surface area contributed by atoms with Gasteiger partial charge in [0.2, 0.25) is 0 Å². The Morgan fingerprint density at radius 3 is 2.40 bits per heavy atom. The molecule has 0 nitrogen and oxygen atoms in total. The molecule has 1 radical (unpaired) electrons. The van der Waals surface area contributed by atoms with E-state index >= 15 is 0 Å². The van der Waals surface area contributed by atoms with Crippen molar-refractivity contribution in [2.45, 2.75) is 64.2 Å². The van der Waals surface area contributed by atoms with Crippen molar-refractivity contribution in [2.24, 2.45) is 23.7 Å². The van der Waals surface area contributed by atoms with E-state index < -0.39 is 0 Å². The SMILES string of the molecule is [CH]1CCC2CCC3CCCCCCC3C12. The molecule has 0 spiro atoms. The van der Waals surface area contributed by atoms with Crippen LogP contribution in [-0.4, -0.2) is 0 Å². The Hall–Kier alpha value is 0. The average Bonchev–Trinajstić information content (AvgIpc) is 2.65. The van der Waals surface area contributed by atoms with Crippen molar-refractivity contribution >= 4 is 0 Å². The van der Waals surface area contributed by atoms with Crippen molar-refractivity contribution in [3.8, 4) is 0 Å². The van der Waals surface area contributed by atoms with Crippen molar-refractivity contribution in [3.05, 3.63) is 6.42 Å². The first kappa shape index (κ1) is 10.2. The smallest absolute Gasteiger partial charge is 0.0324 e. The summed E-state index contributed by atoms with van der Waals surface area (Å²) in [4.78, 5) is 0. The molecule has 0 heteroatoms. The molecular weight excluding hydrogens is 180 g/mol. The fourth-order valence-electron chi connectivity index (χ4n) is 4.63. The van der Waals surface area contributed by atoms with E-state index in [0.717, 1.165) is 23.7 Å². The molecule has 15 heavy (non-hydrogen) atoms. The molecule has 0 aromatic carbocycles. The molecule has 3 aliphatic carbocycles. The minimum atomic E-state index is 1.04. The first-order valence-corrected chi connectivity index (χ1v) is 7.28. The highest BCUT2D eigenvalue weighted by Crippen LogP contribution is 2.50. The molecule has 0 N–H and O–H groups in total. The van der Waals surface area contributed by atoms with Gasteiger partial charge >= 0.3 is 0 Å². The minimum Gasteiger partial charge on any atom is -0.0533 e. The van der Waals surface area contributed by atoms with Crippen LogP contribution in [0.1, 0.15) is 64.2 Å². The molecule has 3 aliphatic rings. The highest BCUT2D eigenvalue weighted by Gasteiger charge is 2.41. The van der Waals surface area contributed by atoms with Crippen LogP contribution in [0.25, 0.3) is 0 Å². The molecule has 3 fully saturated rings. The molecule has 0 saturated heterocycles. The van der Waals surface area contributed by atoms with Crippen LogP contribution in [0, 0.1) is 30.1 Å². The normalized spacial score (nSPS) is 46.4. The van der Waals surface area contributed by atoms with Crippen molar-refractivity contribution in [1.29, 1.82) is 0 Å². The Kier molecular flexibility index (Phi) is 3.03. The third-order valence-corrected chi connectivity index (χ3v) is 5.39. The summed E-state index contributed by atoms with van der Waals surface area (Å²) in [7, 11) is 0. The van der Waals surface area contributed by atoms with E-state index in [2.05, 4.69) is 6.42 Å². The molecule has 0 aliphatic heterocycles. The molecule has 4 unspecified atom stereocenters. The maximum absolute atomic E-state index is 2.70. The Labute approximate surface area is 94.8 Å². The lowest BCUT2D eigenvalue weighted by molar-refractivity contribution is 0.103. The number of rotatable bonds is 0. The predicted octanol–water partition coefficient (Wildman–Crippen LogP) is 4.60. The van der Waals surface area contributed by atoms with E-state index in [4.69, 9.17) is 0 Å². The predicted molar refractivity (Wildman–Crippen MR) is 64.4 cm³/mol. The lowest BCUT2D eigenvalue weighted by Crippen LogP contribution is -2.32. The average molecular weight is 205 g/mol. The molecule has 85 valence electrons. The van der Waals surface area contributed by atoms with Crippen LogP contribution >= 0.6 is 0 Å². The fourth-order valence-corrected chi connectivity index (χ4v) is 4.63. The van der Waals surface area contributed by atoms with Gasteiger partial charge in [-0.2, -0.15) is 0 Å². The topological polar surface area (TPSA) is 0 Å². The summed E-state index contributed by atoms with van der Waals surface area (Å²) in [6, 6.07) is 0. The summed E-state index contributed by atoms with van der Waals surface area (Å²) in [5.74, 6) is 4.36. The van der Waals surface area contributed by atoms with Gasteiger partial charge in [0.25, 0.3) is 0 Å². The fraction of sp³-hybridized carbons (Fsp3) is 0.933. The lowest BCUT2D eigenvalue weighted by atomic mass is 9.64. The first-order chi connectivity index (χ1) is 7.45. The summed E-state index contributed by atoms with van der Waals surface area (Å²) in [6.07, 6.45) is 18.0. The Morgan fingerprint density at radius 2 is 1.47 bits per heavy atom. The van der Waals surface area contributed by atoms with E-state index in [0.29, 0.717) is 0 Å². The van der Waals surface area contributed by atoms with Crippen molar-refractivity contribution in [2.75, 3.05) is 0 Å². The van der Waals surface area contributed by atoms with Gasteiger partial charge in [-0.3, -0.25) is 0 Å². The molecule has 3 saturated carbocycles. The van der Waals surface area contributed by atoms with Gasteiger partial charge in [0.05, 0.1) is 0 Å². The van der Waals surface area contributed by atoms with Gasteiger partial charge in [-0.05, 0) is 62.2 Å². The van der Waals surface area contributed by atoms with Gasteiger partial charge < -0.3 is 0 Å². The summed E-state index contributed by atoms with van der Waals surface area (Å²) in [5, 5.41) is 0. The van der Waals surface area contributed by atoms with Crippen LogP contribution < -0.4 is 0 Å². The second-order valence-electron chi connectivity index (χ2n) is 6.14. The van der Waals surface area contributed by atoms with E-state index in [-0.39, 0.29) is 0 Å². The zero-order chi connectivity index (χ0) is 10.1. The number of hydrogen-bond acceptors (Lipinski definition) is 0. The second kappa shape index (κ2) is 4.47. The largest absolute Gasteiger partial charge is 0.0533 e. The zero-order valence-corrected chi connectivity index (χ0v) is 9.96. The third-order valence-electron chi connectivity index (χ3n) is 5.39. The monoisotopic (exact) mass is 205 g/mol. The highest BCUT2D eigenvalue weighted by molar-refractivity contribution is 4.99. The maximum atomic E-state index is 2.70. The van der Waals surface area contributed by atoms with Gasteiger partial charge in [0.1, 0.15) is 0 Å². The summed E-state index contributed by atoms with van der Waals surface area (Å²) in [5.41, 5.74) is 0. The van der Waals surface area contributed by atoms with Gasteiger partial charge in [0, 0.05) is 0 Å². The van der Waals surface area contributed by atoms with Crippen molar-refractivity contribution < 1.29 is 0 Å². The summed E-state index contributed by atoms with van der Waals surface area (Å²) < 4.78 is 0. The van der Waals surface area contributed by atoms with Gasteiger partial charge in [-0.1, -0.05) is 32.1 Å². The van der Waals surface area contributed by atoms with Crippen LogP contribution in [0.5, 0.6) is 0 Å². The van der Waals surface area contributed by atoms with Crippen molar-refractivity contribution in [1.82, 2.24) is 0 Å². The van der Waals surface area contributed by atoms with E-state index in [1.54, 1.807) is 25.7 Å².